The maximum absolute atomic E-state index is 13.9. The lowest BCUT2D eigenvalue weighted by Crippen LogP contribution is -2.11. The average molecular weight is 261 g/mol. The zero-order chi connectivity index (χ0) is 13.8. The van der Waals surface area contributed by atoms with Crippen molar-refractivity contribution in [1.82, 2.24) is 5.32 Å². The molecule has 1 N–H and O–H groups in total. The first-order chi connectivity index (χ1) is 9.11. The van der Waals surface area contributed by atoms with Crippen molar-refractivity contribution in [3.63, 3.8) is 0 Å². The Morgan fingerprint density at radius 3 is 2.53 bits per heavy atom. The van der Waals surface area contributed by atoms with Gasteiger partial charge in [0.25, 0.3) is 0 Å². The molecule has 0 bridgehead atoms. The second kappa shape index (κ2) is 5.93. The average Bonchev–Trinajstić information content (AvgIpc) is 2.41. The van der Waals surface area contributed by atoms with E-state index in [2.05, 4.69) is 5.32 Å². The molecule has 0 aliphatic rings. The highest BCUT2D eigenvalue weighted by molar-refractivity contribution is 5.68. The Hall–Kier alpha value is -1.74. The maximum Gasteiger partial charge on any atom is 0.131 e. The molecular weight excluding hydrogens is 244 g/mol. The summed E-state index contributed by atoms with van der Waals surface area (Å²) in [5.41, 5.74) is 2.91. The van der Waals surface area contributed by atoms with Crippen molar-refractivity contribution < 1.29 is 8.78 Å². The Balaban J connectivity index is 2.45. The van der Waals surface area contributed by atoms with Crippen LogP contribution < -0.4 is 5.32 Å². The molecule has 2 aromatic carbocycles. The van der Waals surface area contributed by atoms with Crippen LogP contribution in [-0.2, 0) is 6.54 Å². The summed E-state index contributed by atoms with van der Waals surface area (Å²) in [4.78, 5) is 0. The molecule has 0 saturated heterocycles. The van der Waals surface area contributed by atoms with Crippen LogP contribution in [0.2, 0.25) is 0 Å². The van der Waals surface area contributed by atoms with E-state index in [1.54, 1.807) is 18.2 Å². The van der Waals surface area contributed by atoms with Crippen LogP contribution in [0, 0.1) is 18.6 Å². The number of halogens is 2. The zero-order valence-electron chi connectivity index (χ0n) is 11.1. The van der Waals surface area contributed by atoms with Crippen molar-refractivity contribution in [3.8, 4) is 11.1 Å². The van der Waals surface area contributed by atoms with Crippen molar-refractivity contribution in [3.05, 3.63) is 59.2 Å². The third kappa shape index (κ3) is 3.18. The summed E-state index contributed by atoms with van der Waals surface area (Å²) in [5.74, 6) is -0.675. The van der Waals surface area contributed by atoms with Crippen LogP contribution in [0.25, 0.3) is 11.1 Å². The summed E-state index contributed by atoms with van der Waals surface area (Å²) in [6.07, 6.45) is 0. The molecule has 1 nitrogen and oxygen atoms in total. The van der Waals surface area contributed by atoms with E-state index in [0.717, 1.165) is 17.7 Å². The molecule has 0 fully saturated rings. The van der Waals surface area contributed by atoms with E-state index in [0.29, 0.717) is 17.7 Å². The van der Waals surface area contributed by atoms with Crippen molar-refractivity contribution in [2.45, 2.75) is 20.4 Å². The highest BCUT2D eigenvalue weighted by Gasteiger charge is 2.10. The van der Waals surface area contributed by atoms with Crippen LogP contribution in [-0.4, -0.2) is 6.54 Å². The van der Waals surface area contributed by atoms with Gasteiger partial charge in [0.1, 0.15) is 11.6 Å². The fourth-order valence-corrected chi connectivity index (χ4v) is 2.04. The van der Waals surface area contributed by atoms with Gasteiger partial charge in [0.2, 0.25) is 0 Å². The van der Waals surface area contributed by atoms with E-state index < -0.39 is 0 Å². The van der Waals surface area contributed by atoms with E-state index in [1.807, 2.05) is 13.8 Å². The van der Waals surface area contributed by atoms with Crippen LogP contribution >= 0.6 is 0 Å². The van der Waals surface area contributed by atoms with Crippen LogP contribution in [0.1, 0.15) is 18.1 Å². The molecule has 0 spiro atoms. The van der Waals surface area contributed by atoms with Gasteiger partial charge in [-0.2, -0.15) is 0 Å². The number of hydrogen-bond acceptors (Lipinski definition) is 1. The normalized spacial score (nSPS) is 10.7. The first-order valence-electron chi connectivity index (χ1n) is 6.37. The van der Waals surface area contributed by atoms with Gasteiger partial charge >= 0.3 is 0 Å². The fourth-order valence-electron chi connectivity index (χ4n) is 2.04. The minimum absolute atomic E-state index is 0.325. The van der Waals surface area contributed by atoms with Crippen LogP contribution in [0.5, 0.6) is 0 Å². The number of benzene rings is 2. The number of nitrogens with one attached hydrogen (secondary N) is 1. The van der Waals surface area contributed by atoms with E-state index >= 15 is 0 Å². The molecule has 2 rings (SSSR count). The second-order valence-corrected chi connectivity index (χ2v) is 4.55. The summed E-state index contributed by atoms with van der Waals surface area (Å²) in [5, 5.41) is 3.19. The summed E-state index contributed by atoms with van der Waals surface area (Å²) >= 11 is 0. The van der Waals surface area contributed by atoms with E-state index in [-0.39, 0.29) is 11.6 Å². The van der Waals surface area contributed by atoms with E-state index in [1.165, 1.54) is 18.2 Å². The molecule has 0 heterocycles. The Morgan fingerprint density at radius 2 is 1.79 bits per heavy atom. The van der Waals surface area contributed by atoms with Gasteiger partial charge in [-0.3, -0.25) is 0 Å². The third-order valence-electron chi connectivity index (χ3n) is 3.10. The minimum Gasteiger partial charge on any atom is -0.313 e. The molecule has 19 heavy (non-hydrogen) atoms. The van der Waals surface area contributed by atoms with Gasteiger partial charge in [-0.25, -0.2) is 8.78 Å². The standard InChI is InChI=1S/C16H17F2N/c1-3-19-10-12-5-7-16(18)15(8-12)14-9-13(17)6-4-11(14)2/h4-9,19H,3,10H2,1-2H3. The van der Waals surface area contributed by atoms with Crippen LogP contribution in [0.15, 0.2) is 36.4 Å². The van der Waals surface area contributed by atoms with Gasteiger partial charge in [0, 0.05) is 12.1 Å². The third-order valence-corrected chi connectivity index (χ3v) is 3.10. The van der Waals surface area contributed by atoms with E-state index in [4.69, 9.17) is 0 Å². The van der Waals surface area contributed by atoms with Gasteiger partial charge in [-0.1, -0.05) is 19.1 Å². The highest BCUT2D eigenvalue weighted by atomic mass is 19.1. The Morgan fingerprint density at radius 1 is 1.00 bits per heavy atom. The number of hydrogen-bond donors (Lipinski definition) is 1. The monoisotopic (exact) mass is 261 g/mol. The van der Waals surface area contributed by atoms with E-state index in [9.17, 15) is 8.78 Å². The van der Waals surface area contributed by atoms with Gasteiger partial charge < -0.3 is 5.32 Å². The molecule has 0 aliphatic carbocycles. The lowest BCUT2D eigenvalue weighted by molar-refractivity contribution is 0.623. The SMILES string of the molecule is CCNCc1ccc(F)c(-c2cc(F)ccc2C)c1. The van der Waals surface area contributed by atoms with Crippen molar-refractivity contribution in [2.24, 2.45) is 0 Å². The first-order valence-corrected chi connectivity index (χ1v) is 6.37. The first kappa shape index (κ1) is 13.7. The topological polar surface area (TPSA) is 12.0 Å². The molecule has 0 atom stereocenters. The predicted octanol–water partition coefficient (Wildman–Crippen LogP) is 4.05. The summed E-state index contributed by atoms with van der Waals surface area (Å²) in [6, 6.07) is 9.40. The molecular formula is C16H17F2N. The molecule has 100 valence electrons. The molecule has 0 radical (unpaired) electrons. The van der Waals surface area contributed by atoms with Gasteiger partial charge in [0.15, 0.2) is 0 Å². The zero-order valence-corrected chi connectivity index (χ0v) is 11.1. The Kier molecular flexibility index (Phi) is 4.27. The highest BCUT2D eigenvalue weighted by Crippen LogP contribution is 2.27. The molecule has 0 unspecified atom stereocenters. The van der Waals surface area contributed by atoms with Gasteiger partial charge in [-0.15, -0.1) is 0 Å². The second-order valence-electron chi connectivity index (χ2n) is 4.55. The minimum atomic E-state index is -0.350. The number of aryl methyl sites for hydroxylation is 1. The molecule has 0 amide bonds. The van der Waals surface area contributed by atoms with Crippen molar-refractivity contribution in [1.29, 1.82) is 0 Å². The molecule has 0 aliphatic heterocycles. The predicted molar refractivity (Wildman–Crippen MR) is 73.9 cm³/mol. The van der Waals surface area contributed by atoms with Crippen molar-refractivity contribution in [2.75, 3.05) is 6.54 Å². The summed E-state index contributed by atoms with van der Waals surface area (Å²) in [7, 11) is 0. The fraction of sp³-hybridized carbons (Fsp3) is 0.250. The van der Waals surface area contributed by atoms with Gasteiger partial charge in [0.05, 0.1) is 0 Å². The Labute approximate surface area is 112 Å². The number of rotatable bonds is 4. The maximum atomic E-state index is 13.9. The summed E-state index contributed by atoms with van der Waals surface area (Å²) < 4.78 is 27.3. The Bertz CT molecular complexity index is 579. The van der Waals surface area contributed by atoms with Crippen LogP contribution in [0.4, 0.5) is 8.78 Å². The van der Waals surface area contributed by atoms with Crippen molar-refractivity contribution >= 4 is 0 Å². The lowest BCUT2D eigenvalue weighted by Gasteiger charge is -2.10. The largest absolute Gasteiger partial charge is 0.313 e. The van der Waals surface area contributed by atoms with Gasteiger partial charge in [-0.05, 0) is 54.4 Å². The smallest absolute Gasteiger partial charge is 0.131 e. The quantitative estimate of drug-likeness (QED) is 0.875. The molecule has 0 saturated carbocycles. The summed E-state index contributed by atoms with van der Waals surface area (Å²) in [6.45, 7) is 5.40. The van der Waals surface area contributed by atoms with Crippen LogP contribution in [0.3, 0.4) is 0 Å². The molecule has 0 aromatic heterocycles. The lowest BCUT2D eigenvalue weighted by atomic mass is 9.98. The molecule has 3 heteroatoms. The molecule has 2 aromatic rings.